The number of nitrogens with two attached hydrogens (primary N) is 2. The largest absolute Gasteiger partial charge is 0.368 e. The van der Waals surface area contributed by atoms with Gasteiger partial charge in [-0.3, -0.25) is 4.79 Å². The van der Waals surface area contributed by atoms with Gasteiger partial charge in [-0.05, 0) is 25.7 Å². The van der Waals surface area contributed by atoms with Crippen LogP contribution in [0.25, 0.3) is 0 Å². The molecule has 3 nitrogen and oxygen atoms in total. The van der Waals surface area contributed by atoms with Crippen LogP contribution >= 0.6 is 0 Å². The molecule has 0 aromatic carbocycles. The zero-order chi connectivity index (χ0) is 7.07. The van der Waals surface area contributed by atoms with Crippen LogP contribution in [0.5, 0.6) is 0 Å². The van der Waals surface area contributed by atoms with E-state index in [-0.39, 0.29) is 5.91 Å². The topological polar surface area (TPSA) is 69.1 Å². The third kappa shape index (κ3) is 1.05. The van der Waals surface area contributed by atoms with Crippen molar-refractivity contribution in [3.63, 3.8) is 0 Å². The lowest BCUT2D eigenvalue weighted by molar-refractivity contribution is -0.123. The number of hydrogen-bond acceptors (Lipinski definition) is 2. The molecule has 1 aliphatic carbocycles. The van der Waals surface area contributed by atoms with Crippen LogP contribution in [-0.4, -0.2) is 11.4 Å². The predicted molar refractivity (Wildman–Crippen MR) is 34.5 cm³/mol. The zero-order valence-corrected chi connectivity index (χ0v) is 5.55. The number of carbonyl (C=O) groups is 1. The molecule has 0 saturated heterocycles. The molecule has 1 amide bonds. The maximum absolute atomic E-state index is 10.6. The summed E-state index contributed by atoms with van der Waals surface area (Å²) in [6.07, 6.45) is 2.10. The number of hydrogen-bond donors (Lipinski definition) is 2. The quantitative estimate of drug-likeness (QED) is 0.531. The Bertz CT molecular complexity index is 138. The summed E-state index contributed by atoms with van der Waals surface area (Å²) in [6.45, 7) is 1.70. The Morgan fingerprint density at radius 2 is 2.11 bits per heavy atom. The van der Waals surface area contributed by atoms with Crippen LogP contribution < -0.4 is 11.5 Å². The number of primary amides is 1. The Balaban J connectivity index is 2.59. The van der Waals surface area contributed by atoms with Crippen LogP contribution in [0.4, 0.5) is 0 Å². The van der Waals surface area contributed by atoms with E-state index in [1.54, 1.807) is 6.92 Å². The van der Waals surface area contributed by atoms with Gasteiger partial charge in [0, 0.05) is 0 Å². The van der Waals surface area contributed by atoms with Crippen molar-refractivity contribution in [1.82, 2.24) is 0 Å². The summed E-state index contributed by atoms with van der Waals surface area (Å²) in [4.78, 5) is 10.6. The van der Waals surface area contributed by atoms with E-state index in [9.17, 15) is 4.79 Å². The highest BCUT2D eigenvalue weighted by Gasteiger charge is 2.42. The van der Waals surface area contributed by atoms with Gasteiger partial charge in [-0.2, -0.15) is 0 Å². The Morgan fingerprint density at radius 1 is 1.67 bits per heavy atom. The second-order valence-corrected chi connectivity index (χ2v) is 2.92. The van der Waals surface area contributed by atoms with Gasteiger partial charge in [-0.1, -0.05) is 0 Å². The zero-order valence-electron chi connectivity index (χ0n) is 5.55. The van der Waals surface area contributed by atoms with E-state index in [1.165, 1.54) is 0 Å². The highest BCUT2D eigenvalue weighted by molar-refractivity contribution is 5.84. The molecule has 1 atom stereocenters. The second-order valence-electron chi connectivity index (χ2n) is 2.92. The minimum absolute atomic E-state index is 0.343. The maximum atomic E-state index is 10.6. The van der Waals surface area contributed by atoms with Crippen molar-refractivity contribution in [1.29, 1.82) is 0 Å². The molecule has 4 N–H and O–H groups in total. The minimum Gasteiger partial charge on any atom is -0.368 e. The molecule has 1 saturated carbocycles. The summed E-state index contributed by atoms with van der Waals surface area (Å²) in [6, 6.07) is 0. The minimum atomic E-state index is -0.750. The van der Waals surface area contributed by atoms with Crippen molar-refractivity contribution in [2.75, 3.05) is 0 Å². The first-order valence-electron chi connectivity index (χ1n) is 3.14. The Hall–Kier alpha value is -0.570. The van der Waals surface area contributed by atoms with Crippen molar-refractivity contribution in [3.8, 4) is 0 Å². The first-order valence-corrected chi connectivity index (χ1v) is 3.14. The number of carbonyl (C=O) groups excluding carboxylic acids is 1. The Morgan fingerprint density at radius 3 is 2.22 bits per heavy atom. The van der Waals surface area contributed by atoms with Crippen molar-refractivity contribution in [2.24, 2.45) is 17.4 Å². The van der Waals surface area contributed by atoms with E-state index in [2.05, 4.69) is 0 Å². The van der Waals surface area contributed by atoms with Gasteiger partial charge in [-0.25, -0.2) is 0 Å². The number of amides is 1. The van der Waals surface area contributed by atoms with E-state index < -0.39 is 5.54 Å². The van der Waals surface area contributed by atoms with Crippen molar-refractivity contribution < 1.29 is 4.79 Å². The molecule has 0 aromatic rings. The fourth-order valence-electron chi connectivity index (χ4n) is 0.884. The molecule has 9 heavy (non-hydrogen) atoms. The molecule has 1 aliphatic rings. The van der Waals surface area contributed by atoms with Crippen LogP contribution in [0, 0.1) is 5.92 Å². The molecule has 1 fully saturated rings. The summed E-state index contributed by atoms with van der Waals surface area (Å²) >= 11 is 0. The molecule has 0 spiro atoms. The second kappa shape index (κ2) is 1.70. The van der Waals surface area contributed by atoms with Crippen LogP contribution in [0.3, 0.4) is 0 Å². The fourth-order valence-corrected chi connectivity index (χ4v) is 0.884. The molecule has 0 aliphatic heterocycles. The summed E-state index contributed by atoms with van der Waals surface area (Å²) < 4.78 is 0. The lowest BCUT2D eigenvalue weighted by Gasteiger charge is -2.18. The molecule has 52 valence electrons. The highest BCUT2D eigenvalue weighted by Crippen LogP contribution is 2.37. The standard InChI is InChI=1S/C6H12N2O/c1-6(8,5(7)9)4-2-3-4/h4H,2-3,8H2,1H3,(H2,7,9). The fraction of sp³-hybridized carbons (Fsp3) is 0.833. The normalized spacial score (nSPS) is 25.1. The van der Waals surface area contributed by atoms with Crippen LogP contribution in [0.2, 0.25) is 0 Å². The first kappa shape index (κ1) is 6.55. The molecule has 1 rings (SSSR count). The molecule has 0 bridgehead atoms. The average molecular weight is 128 g/mol. The summed E-state index contributed by atoms with van der Waals surface area (Å²) in [7, 11) is 0. The third-order valence-electron chi connectivity index (χ3n) is 1.96. The summed E-state index contributed by atoms with van der Waals surface area (Å²) in [5.41, 5.74) is 9.89. The van der Waals surface area contributed by atoms with E-state index >= 15 is 0 Å². The van der Waals surface area contributed by atoms with Crippen molar-refractivity contribution in [2.45, 2.75) is 25.3 Å². The van der Waals surface area contributed by atoms with Crippen LogP contribution in [0.1, 0.15) is 19.8 Å². The third-order valence-corrected chi connectivity index (χ3v) is 1.96. The molecule has 3 heteroatoms. The summed E-state index contributed by atoms with van der Waals surface area (Å²) in [5.74, 6) is -0.0417. The highest BCUT2D eigenvalue weighted by atomic mass is 16.1. The Kier molecular flexibility index (Phi) is 1.24. The van der Waals surface area contributed by atoms with Crippen molar-refractivity contribution in [3.05, 3.63) is 0 Å². The van der Waals surface area contributed by atoms with E-state index in [0.29, 0.717) is 5.92 Å². The van der Waals surface area contributed by atoms with Gasteiger partial charge in [0.1, 0.15) is 0 Å². The van der Waals surface area contributed by atoms with Gasteiger partial charge < -0.3 is 11.5 Å². The first-order chi connectivity index (χ1) is 4.05. The molecule has 0 heterocycles. The van der Waals surface area contributed by atoms with Crippen LogP contribution in [0.15, 0.2) is 0 Å². The maximum Gasteiger partial charge on any atom is 0.237 e. The van der Waals surface area contributed by atoms with Gasteiger partial charge in [0.2, 0.25) is 5.91 Å². The van der Waals surface area contributed by atoms with Crippen LogP contribution in [-0.2, 0) is 4.79 Å². The molecule has 0 aromatic heterocycles. The smallest absolute Gasteiger partial charge is 0.237 e. The lowest BCUT2D eigenvalue weighted by atomic mass is 9.97. The van der Waals surface area contributed by atoms with Gasteiger partial charge in [-0.15, -0.1) is 0 Å². The Labute approximate surface area is 54.4 Å². The molecular weight excluding hydrogens is 116 g/mol. The predicted octanol–water partition coefficient (Wildman–Crippen LogP) is -0.401. The molecule has 0 radical (unpaired) electrons. The molecular formula is C6H12N2O. The SMILES string of the molecule is CC(N)(C(N)=O)C1CC1. The van der Waals surface area contributed by atoms with E-state index in [4.69, 9.17) is 11.5 Å². The monoisotopic (exact) mass is 128 g/mol. The van der Waals surface area contributed by atoms with Gasteiger partial charge in [0.15, 0.2) is 0 Å². The molecule has 1 unspecified atom stereocenters. The summed E-state index contributed by atoms with van der Waals surface area (Å²) in [5, 5.41) is 0. The van der Waals surface area contributed by atoms with Gasteiger partial charge in [0.05, 0.1) is 5.54 Å². The van der Waals surface area contributed by atoms with E-state index in [0.717, 1.165) is 12.8 Å². The number of rotatable bonds is 2. The lowest BCUT2D eigenvalue weighted by Crippen LogP contribution is -2.51. The average Bonchev–Trinajstić information content (AvgIpc) is 2.42. The van der Waals surface area contributed by atoms with Gasteiger partial charge in [0.25, 0.3) is 0 Å². The van der Waals surface area contributed by atoms with Crippen molar-refractivity contribution >= 4 is 5.91 Å². The van der Waals surface area contributed by atoms with E-state index in [1.807, 2.05) is 0 Å². The van der Waals surface area contributed by atoms with Gasteiger partial charge >= 0.3 is 0 Å².